The number of aromatic nitrogens is 4. The quantitative estimate of drug-likeness (QED) is 0.268. The highest BCUT2D eigenvalue weighted by molar-refractivity contribution is 5.89. The summed E-state index contributed by atoms with van der Waals surface area (Å²) in [6.07, 6.45) is 8.44. The predicted molar refractivity (Wildman–Crippen MR) is 138 cm³/mol. The second-order valence-corrected chi connectivity index (χ2v) is 8.47. The molecule has 0 saturated carbocycles. The Labute approximate surface area is 209 Å². The first kappa shape index (κ1) is 23.1. The summed E-state index contributed by atoms with van der Waals surface area (Å²) in [4.78, 5) is 12.0. The number of rotatable bonds is 9. The van der Waals surface area contributed by atoms with E-state index in [1.165, 1.54) is 0 Å². The fraction of sp³-hybridized carbons (Fsp3) is 0.138. The third kappa shape index (κ3) is 5.05. The lowest BCUT2D eigenvalue weighted by atomic mass is 9.98. The van der Waals surface area contributed by atoms with Crippen LogP contribution in [-0.4, -0.2) is 40.1 Å². The van der Waals surface area contributed by atoms with E-state index in [-0.39, 0.29) is 0 Å². The van der Waals surface area contributed by atoms with Crippen LogP contribution in [0.5, 0.6) is 11.5 Å². The summed E-state index contributed by atoms with van der Waals surface area (Å²) in [5, 5.41) is 8.99. The van der Waals surface area contributed by atoms with Gasteiger partial charge in [-0.1, -0.05) is 36.4 Å². The van der Waals surface area contributed by atoms with E-state index in [0.717, 1.165) is 51.2 Å². The first-order valence-electron chi connectivity index (χ1n) is 11.6. The molecule has 3 aromatic carbocycles. The largest absolute Gasteiger partial charge is 0.497 e. The number of carbonyl (C=O) groups excluding carboxylic acids is 1. The molecular formula is C29H26N4O3. The van der Waals surface area contributed by atoms with Gasteiger partial charge in [0.05, 0.1) is 39.7 Å². The van der Waals surface area contributed by atoms with Gasteiger partial charge in [-0.3, -0.25) is 14.2 Å². The summed E-state index contributed by atoms with van der Waals surface area (Å²) in [5.41, 5.74) is 6.48. The monoisotopic (exact) mass is 478 g/mol. The molecule has 36 heavy (non-hydrogen) atoms. The Balaban J connectivity index is 1.32. The summed E-state index contributed by atoms with van der Waals surface area (Å²) < 4.78 is 14.2. The van der Waals surface area contributed by atoms with Crippen LogP contribution in [-0.2, 0) is 13.1 Å². The molecule has 0 aliphatic heterocycles. The van der Waals surface area contributed by atoms with Crippen LogP contribution in [0.2, 0.25) is 0 Å². The van der Waals surface area contributed by atoms with Crippen molar-refractivity contribution in [2.75, 3.05) is 14.2 Å². The smallest absolute Gasteiger partial charge is 0.150 e. The van der Waals surface area contributed by atoms with Crippen LogP contribution in [0, 0.1) is 0 Å². The summed E-state index contributed by atoms with van der Waals surface area (Å²) in [7, 11) is 3.31. The maximum absolute atomic E-state index is 12.0. The maximum Gasteiger partial charge on any atom is 0.150 e. The molecule has 0 aliphatic carbocycles. The number of aldehydes is 1. The Hall–Kier alpha value is -4.65. The molecule has 0 saturated heterocycles. The summed E-state index contributed by atoms with van der Waals surface area (Å²) in [6.45, 7) is 1.28. The Kier molecular flexibility index (Phi) is 6.62. The van der Waals surface area contributed by atoms with Gasteiger partial charge in [0.2, 0.25) is 0 Å². The zero-order chi connectivity index (χ0) is 24.9. The van der Waals surface area contributed by atoms with Crippen molar-refractivity contribution in [3.05, 3.63) is 108 Å². The molecule has 0 amide bonds. The second kappa shape index (κ2) is 10.3. The SMILES string of the molecule is COc1ccc(Cn2cc(-c3ccc(-c4cnn(Cc5ccc(OC)cc5)c4)c(C=O)c3)cn2)cc1. The molecule has 0 N–H and O–H groups in total. The first-order valence-corrected chi connectivity index (χ1v) is 11.6. The van der Waals surface area contributed by atoms with Crippen molar-refractivity contribution in [1.29, 1.82) is 0 Å². The average molecular weight is 479 g/mol. The molecule has 0 aliphatic rings. The normalized spacial score (nSPS) is 10.8. The van der Waals surface area contributed by atoms with Crippen LogP contribution in [0.15, 0.2) is 91.5 Å². The van der Waals surface area contributed by atoms with Gasteiger partial charge >= 0.3 is 0 Å². The van der Waals surface area contributed by atoms with E-state index >= 15 is 0 Å². The topological polar surface area (TPSA) is 71.2 Å². The molecule has 0 spiro atoms. The molecule has 0 unspecified atom stereocenters. The van der Waals surface area contributed by atoms with E-state index in [1.807, 2.05) is 94.7 Å². The first-order chi connectivity index (χ1) is 17.6. The molecule has 5 rings (SSSR count). The number of carbonyl (C=O) groups is 1. The van der Waals surface area contributed by atoms with Crippen molar-refractivity contribution in [2.45, 2.75) is 13.1 Å². The van der Waals surface area contributed by atoms with Gasteiger partial charge in [-0.15, -0.1) is 0 Å². The van der Waals surface area contributed by atoms with Crippen LogP contribution in [0.3, 0.4) is 0 Å². The molecule has 2 heterocycles. The van der Waals surface area contributed by atoms with Gasteiger partial charge in [0.15, 0.2) is 6.29 Å². The second-order valence-electron chi connectivity index (χ2n) is 8.47. The molecule has 0 fully saturated rings. The Morgan fingerprint density at radius 1 is 0.694 bits per heavy atom. The van der Waals surface area contributed by atoms with E-state index in [2.05, 4.69) is 10.2 Å². The Morgan fingerprint density at radius 2 is 1.22 bits per heavy atom. The fourth-order valence-electron chi connectivity index (χ4n) is 4.13. The Morgan fingerprint density at radius 3 is 1.75 bits per heavy atom. The predicted octanol–water partition coefficient (Wildman–Crippen LogP) is 5.34. The number of benzene rings is 3. The number of ether oxygens (including phenoxy) is 2. The van der Waals surface area contributed by atoms with Crippen molar-refractivity contribution >= 4 is 6.29 Å². The van der Waals surface area contributed by atoms with Crippen molar-refractivity contribution < 1.29 is 14.3 Å². The summed E-state index contributed by atoms with van der Waals surface area (Å²) >= 11 is 0. The molecule has 7 nitrogen and oxygen atoms in total. The van der Waals surface area contributed by atoms with Gasteiger partial charge in [0.25, 0.3) is 0 Å². The van der Waals surface area contributed by atoms with Gasteiger partial charge in [-0.25, -0.2) is 0 Å². The number of nitrogens with zero attached hydrogens (tertiary/aromatic N) is 4. The number of hydrogen-bond donors (Lipinski definition) is 0. The van der Waals surface area contributed by atoms with Gasteiger partial charge in [0, 0.05) is 29.1 Å². The third-order valence-electron chi connectivity index (χ3n) is 6.10. The molecule has 0 bridgehead atoms. The molecule has 180 valence electrons. The minimum absolute atomic E-state index is 0.611. The van der Waals surface area contributed by atoms with E-state index in [0.29, 0.717) is 18.7 Å². The third-order valence-corrected chi connectivity index (χ3v) is 6.10. The van der Waals surface area contributed by atoms with Crippen LogP contribution < -0.4 is 9.47 Å². The standard InChI is InChI=1S/C29H26N4O3/c1-35-27-8-3-21(4-9-27)16-32-18-25(14-30-32)23-7-12-29(24(13-23)20-34)26-15-31-33(19-26)17-22-5-10-28(36-2)11-6-22/h3-15,18-20H,16-17H2,1-2H3. The number of methoxy groups -OCH3 is 2. The van der Waals surface area contributed by atoms with Gasteiger partial charge in [0.1, 0.15) is 11.5 Å². The van der Waals surface area contributed by atoms with E-state index in [4.69, 9.17) is 9.47 Å². The van der Waals surface area contributed by atoms with Gasteiger partial charge in [-0.05, 0) is 52.6 Å². The fourth-order valence-corrected chi connectivity index (χ4v) is 4.13. The van der Waals surface area contributed by atoms with Crippen LogP contribution >= 0.6 is 0 Å². The lowest BCUT2D eigenvalue weighted by Gasteiger charge is -2.06. The summed E-state index contributed by atoms with van der Waals surface area (Å²) in [5.74, 6) is 1.65. The van der Waals surface area contributed by atoms with Crippen molar-refractivity contribution in [2.24, 2.45) is 0 Å². The minimum Gasteiger partial charge on any atom is -0.497 e. The molecular weight excluding hydrogens is 452 g/mol. The van der Waals surface area contributed by atoms with Crippen LogP contribution in [0.4, 0.5) is 0 Å². The van der Waals surface area contributed by atoms with Gasteiger partial charge in [-0.2, -0.15) is 10.2 Å². The Bertz CT molecular complexity index is 1470. The molecule has 5 aromatic rings. The minimum atomic E-state index is 0.611. The maximum atomic E-state index is 12.0. The average Bonchev–Trinajstić information content (AvgIpc) is 3.59. The van der Waals surface area contributed by atoms with Crippen LogP contribution in [0.25, 0.3) is 22.3 Å². The lowest BCUT2D eigenvalue weighted by Crippen LogP contribution is -1.99. The highest BCUT2D eigenvalue weighted by Crippen LogP contribution is 2.28. The molecule has 0 atom stereocenters. The van der Waals surface area contributed by atoms with Crippen molar-refractivity contribution in [3.8, 4) is 33.8 Å². The number of hydrogen-bond acceptors (Lipinski definition) is 5. The van der Waals surface area contributed by atoms with E-state index < -0.39 is 0 Å². The zero-order valence-corrected chi connectivity index (χ0v) is 20.2. The van der Waals surface area contributed by atoms with E-state index in [9.17, 15) is 4.79 Å². The highest BCUT2D eigenvalue weighted by Gasteiger charge is 2.11. The molecule has 2 aromatic heterocycles. The van der Waals surface area contributed by atoms with Crippen LogP contribution in [0.1, 0.15) is 21.5 Å². The zero-order valence-electron chi connectivity index (χ0n) is 20.2. The van der Waals surface area contributed by atoms with E-state index in [1.54, 1.807) is 20.4 Å². The summed E-state index contributed by atoms with van der Waals surface area (Å²) in [6, 6.07) is 21.7. The molecule has 0 radical (unpaired) electrons. The molecule has 7 heteroatoms. The van der Waals surface area contributed by atoms with Crippen molar-refractivity contribution in [3.63, 3.8) is 0 Å². The van der Waals surface area contributed by atoms with Crippen molar-refractivity contribution in [1.82, 2.24) is 19.6 Å². The van der Waals surface area contributed by atoms with Gasteiger partial charge < -0.3 is 9.47 Å². The highest BCUT2D eigenvalue weighted by atomic mass is 16.5. The lowest BCUT2D eigenvalue weighted by molar-refractivity contribution is 0.112.